The van der Waals surface area contributed by atoms with Crippen LogP contribution in [0.4, 0.5) is 11.4 Å². The largest absolute Gasteiger partial charge is 0.324 e. The summed E-state index contributed by atoms with van der Waals surface area (Å²) >= 11 is 12.0. The molecule has 3 rings (SSSR count). The summed E-state index contributed by atoms with van der Waals surface area (Å²) in [5, 5.41) is 3.64. The van der Waals surface area contributed by atoms with Crippen LogP contribution in [0.25, 0.3) is 0 Å². The van der Waals surface area contributed by atoms with Gasteiger partial charge in [0.15, 0.2) is 0 Å². The zero-order chi connectivity index (χ0) is 21.9. The van der Waals surface area contributed by atoms with E-state index in [-0.39, 0.29) is 4.90 Å². The van der Waals surface area contributed by atoms with Gasteiger partial charge in [-0.3, -0.25) is 9.10 Å². The van der Waals surface area contributed by atoms with E-state index in [0.717, 1.165) is 15.4 Å². The number of hydrogen-bond acceptors (Lipinski definition) is 3. The molecule has 0 spiro atoms. The fourth-order valence-electron chi connectivity index (χ4n) is 2.76. The molecule has 0 radical (unpaired) electrons. The van der Waals surface area contributed by atoms with Gasteiger partial charge in [0, 0.05) is 15.7 Å². The molecular formula is C22H20Cl2N2O3S. The number of hydrogen-bond donors (Lipinski definition) is 1. The van der Waals surface area contributed by atoms with Gasteiger partial charge in [-0.25, -0.2) is 8.42 Å². The van der Waals surface area contributed by atoms with E-state index in [4.69, 9.17) is 23.2 Å². The Balaban J connectivity index is 1.93. The Morgan fingerprint density at radius 1 is 0.933 bits per heavy atom. The second-order valence-electron chi connectivity index (χ2n) is 6.81. The van der Waals surface area contributed by atoms with Gasteiger partial charge in [0.05, 0.1) is 10.6 Å². The Kier molecular flexibility index (Phi) is 6.71. The lowest BCUT2D eigenvalue weighted by atomic mass is 10.2. The highest BCUT2D eigenvalue weighted by molar-refractivity contribution is 7.92. The SMILES string of the molecule is Cc1ccc(N(CC(=O)Nc2ccc(C)c(Cl)c2)S(=O)(=O)c2ccc(Cl)cc2)cc1. The molecule has 3 aromatic rings. The second-order valence-corrected chi connectivity index (χ2v) is 9.52. The lowest BCUT2D eigenvalue weighted by Crippen LogP contribution is -2.38. The van der Waals surface area contributed by atoms with E-state index in [0.29, 0.717) is 21.4 Å². The van der Waals surface area contributed by atoms with Gasteiger partial charge in [-0.2, -0.15) is 0 Å². The van der Waals surface area contributed by atoms with Crippen LogP contribution in [0.3, 0.4) is 0 Å². The highest BCUT2D eigenvalue weighted by Gasteiger charge is 2.27. The number of nitrogens with zero attached hydrogens (tertiary/aromatic N) is 1. The van der Waals surface area contributed by atoms with Crippen LogP contribution < -0.4 is 9.62 Å². The number of nitrogens with one attached hydrogen (secondary N) is 1. The summed E-state index contributed by atoms with van der Waals surface area (Å²) < 4.78 is 27.7. The Hall–Kier alpha value is -2.54. The highest BCUT2D eigenvalue weighted by Crippen LogP contribution is 2.26. The van der Waals surface area contributed by atoms with E-state index in [1.165, 1.54) is 24.3 Å². The Labute approximate surface area is 186 Å². The van der Waals surface area contributed by atoms with Gasteiger partial charge in [0.1, 0.15) is 6.54 Å². The first kappa shape index (κ1) is 22.2. The number of amides is 1. The standard InChI is InChI=1S/C22H20Cl2N2O3S/c1-15-3-9-19(10-4-15)26(30(28,29)20-11-6-17(23)7-12-20)14-22(27)25-18-8-5-16(2)21(24)13-18/h3-13H,14H2,1-2H3,(H,25,27). The van der Waals surface area contributed by atoms with Crippen molar-refractivity contribution < 1.29 is 13.2 Å². The maximum absolute atomic E-state index is 13.3. The molecule has 30 heavy (non-hydrogen) atoms. The summed E-state index contributed by atoms with van der Waals surface area (Å²) in [4.78, 5) is 12.8. The minimum Gasteiger partial charge on any atom is -0.324 e. The molecule has 0 aliphatic heterocycles. The summed E-state index contributed by atoms with van der Waals surface area (Å²) in [6, 6.07) is 17.8. The van der Waals surface area contributed by atoms with Crippen molar-refractivity contribution in [1.29, 1.82) is 0 Å². The average Bonchev–Trinajstić information content (AvgIpc) is 2.70. The number of aryl methyl sites for hydroxylation is 2. The fourth-order valence-corrected chi connectivity index (χ4v) is 4.49. The van der Waals surface area contributed by atoms with Crippen LogP contribution in [0.2, 0.25) is 10.0 Å². The van der Waals surface area contributed by atoms with Gasteiger partial charge in [-0.05, 0) is 67.9 Å². The first-order chi connectivity index (χ1) is 14.2. The molecular weight excluding hydrogens is 443 g/mol. The van der Waals surface area contributed by atoms with Crippen LogP contribution in [0.15, 0.2) is 71.6 Å². The number of sulfonamides is 1. The fraction of sp³-hybridized carbons (Fsp3) is 0.136. The molecule has 0 heterocycles. The first-order valence-corrected chi connectivity index (χ1v) is 11.3. The normalized spacial score (nSPS) is 11.2. The Bertz CT molecular complexity index is 1160. The lowest BCUT2D eigenvalue weighted by Gasteiger charge is -2.24. The second kappa shape index (κ2) is 9.08. The predicted octanol–water partition coefficient (Wildman–Crippen LogP) is 5.44. The molecule has 0 saturated heterocycles. The summed E-state index contributed by atoms with van der Waals surface area (Å²) in [7, 11) is -4.00. The maximum atomic E-state index is 13.3. The topological polar surface area (TPSA) is 66.5 Å². The molecule has 0 atom stereocenters. The van der Waals surface area contributed by atoms with Crippen molar-refractivity contribution in [3.63, 3.8) is 0 Å². The van der Waals surface area contributed by atoms with Gasteiger partial charge in [0.2, 0.25) is 5.91 Å². The van der Waals surface area contributed by atoms with E-state index in [9.17, 15) is 13.2 Å². The Morgan fingerprint density at radius 2 is 1.57 bits per heavy atom. The molecule has 5 nitrogen and oxygen atoms in total. The van der Waals surface area contributed by atoms with Crippen LogP contribution in [0, 0.1) is 13.8 Å². The quantitative estimate of drug-likeness (QED) is 0.529. The monoisotopic (exact) mass is 462 g/mol. The molecule has 156 valence electrons. The molecule has 0 fully saturated rings. The van der Waals surface area contributed by atoms with Crippen LogP contribution >= 0.6 is 23.2 Å². The number of halogens is 2. The third-order valence-electron chi connectivity index (χ3n) is 4.47. The van der Waals surface area contributed by atoms with Gasteiger partial charge < -0.3 is 5.32 Å². The van der Waals surface area contributed by atoms with Crippen molar-refractivity contribution in [2.24, 2.45) is 0 Å². The van der Waals surface area contributed by atoms with Crippen molar-refractivity contribution in [3.05, 3.63) is 87.9 Å². The van der Waals surface area contributed by atoms with Crippen molar-refractivity contribution >= 4 is 50.5 Å². The lowest BCUT2D eigenvalue weighted by molar-refractivity contribution is -0.114. The molecule has 1 amide bonds. The summed E-state index contributed by atoms with van der Waals surface area (Å²) in [6.45, 7) is 3.35. The van der Waals surface area contributed by atoms with Crippen LogP contribution in [-0.2, 0) is 14.8 Å². The van der Waals surface area contributed by atoms with E-state index in [2.05, 4.69) is 5.32 Å². The van der Waals surface area contributed by atoms with E-state index < -0.39 is 22.5 Å². The van der Waals surface area contributed by atoms with Crippen LogP contribution in [0.1, 0.15) is 11.1 Å². The molecule has 1 N–H and O–H groups in total. The number of anilines is 2. The van der Waals surface area contributed by atoms with Crippen LogP contribution in [-0.4, -0.2) is 20.9 Å². The number of rotatable bonds is 6. The minimum absolute atomic E-state index is 0.0404. The van der Waals surface area contributed by atoms with Gasteiger partial charge in [-0.15, -0.1) is 0 Å². The van der Waals surface area contributed by atoms with Crippen LogP contribution in [0.5, 0.6) is 0 Å². The molecule has 0 saturated carbocycles. The minimum atomic E-state index is -4.00. The zero-order valence-corrected chi connectivity index (χ0v) is 18.7. The number of carbonyl (C=O) groups excluding carboxylic acids is 1. The van der Waals surface area contributed by atoms with Gasteiger partial charge in [-0.1, -0.05) is 47.0 Å². The first-order valence-electron chi connectivity index (χ1n) is 9.08. The zero-order valence-electron chi connectivity index (χ0n) is 16.4. The third kappa shape index (κ3) is 5.14. The smallest absolute Gasteiger partial charge is 0.264 e. The van der Waals surface area contributed by atoms with E-state index in [1.807, 2.05) is 13.8 Å². The molecule has 0 unspecified atom stereocenters. The maximum Gasteiger partial charge on any atom is 0.264 e. The van der Waals surface area contributed by atoms with Gasteiger partial charge in [0.25, 0.3) is 10.0 Å². The number of carbonyl (C=O) groups is 1. The average molecular weight is 463 g/mol. The van der Waals surface area contributed by atoms with Crippen molar-refractivity contribution in [3.8, 4) is 0 Å². The molecule has 0 aromatic heterocycles. The summed E-state index contributed by atoms with van der Waals surface area (Å²) in [5.41, 5.74) is 2.72. The molecule has 0 bridgehead atoms. The highest BCUT2D eigenvalue weighted by atomic mass is 35.5. The molecule has 8 heteroatoms. The van der Waals surface area contributed by atoms with Crippen molar-refractivity contribution in [2.75, 3.05) is 16.2 Å². The van der Waals surface area contributed by atoms with Crippen molar-refractivity contribution in [2.45, 2.75) is 18.7 Å². The summed E-state index contributed by atoms with van der Waals surface area (Å²) in [6.07, 6.45) is 0. The molecule has 0 aliphatic rings. The number of benzene rings is 3. The summed E-state index contributed by atoms with van der Waals surface area (Å²) in [5.74, 6) is -0.493. The molecule has 0 aliphatic carbocycles. The molecule has 3 aromatic carbocycles. The van der Waals surface area contributed by atoms with E-state index in [1.54, 1.807) is 42.5 Å². The van der Waals surface area contributed by atoms with E-state index >= 15 is 0 Å². The van der Waals surface area contributed by atoms with Crippen molar-refractivity contribution in [1.82, 2.24) is 0 Å². The predicted molar refractivity (Wildman–Crippen MR) is 122 cm³/mol. The Morgan fingerprint density at radius 3 is 2.17 bits per heavy atom. The third-order valence-corrected chi connectivity index (χ3v) is 6.91. The van der Waals surface area contributed by atoms with Gasteiger partial charge >= 0.3 is 0 Å².